The quantitative estimate of drug-likeness (QED) is 0.697. The standard InChI is InChI=1S/C16H20N4O2S2/c1-3-22-13-7-5-4-6-12(13)18-14(21)10(2)23-16-20-19-15(24-16)17-11-8-9-11/h4-7,10-11H,3,8-9H2,1-2H3,(H,17,19)(H,18,21)/t10-/m1/s1. The molecule has 0 unspecified atom stereocenters. The van der Waals surface area contributed by atoms with Crippen LogP contribution in [0.3, 0.4) is 0 Å². The van der Waals surface area contributed by atoms with Crippen LogP contribution < -0.4 is 15.4 Å². The maximum Gasteiger partial charge on any atom is 0.237 e. The fourth-order valence-electron chi connectivity index (χ4n) is 2.01. The van der Waals surface area contributed by atoms with Crippen molar-refractivity contribution in [3.63, 3.8) is 0 Å². The number of carbonyl (C=O) groups excluding carboxylic acids is 1. The molecule has 1 saturated carbocycles. The second-order valence-electron chi connectivity index (χ2n) is 5.47. The van der Waals surface area contributed by atoms with Crippen LogP contribution in [0.4, 0.5) is 10.8 Å². The minimum atomic E-state index is -0.276. The highest BCUT2D eigenvalue weighted by molar-refractivity contribution is 8.02. The summed E-state index contributed by atoms with van der Waals surface area (Å²) in [4.78, 5) is 12.4. The van der Waals surface area contributed by atoms with E-state index in [4.69, 9.17) is 4.74 Å². The van der Waals surface area contributed by atoms with Gasteiger partial charge in [0.2, 0.25) is 11.0 Å². The number of carbonyl (C=O) groups is 1. The number of ether oxygens (including phenoxy) is 1. The number of nitrogens with zero attached hydrogens (tertiary/aromatic N) is 2. The van der Waals surface area contributed by atoms with Gasteiger partial charge < -0.3 is 15.4 Å². The maximum atomic E-state index is 12.4. The summed E-state index contributed by atoms with van der Waals surface area (Å²) < 4.78 is 6.32. The van der Waals surface area contributed by atoms with Crippen LogP contribution in [0.5, 0.6) is 5.75 Å². The molecule has 1 aromatic carbocycles. The highest BCUT2D eigenvalue weighted by Crippen LogP contribution is 2.33. The first kappa shape index (κ1) is 17.0. The summed E-state index contributed by atoms with van der Waals surface area (Å²) in [5.74, 6) is 0.594. The van der Waals surface area contributed by atoms with E-state index in [0.717, 1.165) is 9.47 Å². The Hall–Kier alpha value is -1.80. The van der Waals surface area contributed by atoms with Crippen molar-refractivity contribution in [3.05, 3.63) is 24.3 Å². The SMILES string of the molecule is CCOc1ccccc1NC(=O)[C@@H](C)Sc1nnc(NC2CC2)s1. The number of thioether (sulfide) groups is 1. The predicted octanol–water partition coefficient (Wildman–Crippen LogP) is 3.63. The highest BCUT2D eigenvalue weighted by atomic mass is 32.2. The van der Waals surface area contributed by atoms with Crippen molar-refractivity contribution in [1.82, 2.24) is 10.2 Å². The van der Waals surface area contributed by atoms with E-state index < -0.39 is 0 Å². The van der Waals surface area contributed by atoms with E-state index in [1.54, 1.807) is 0 Å². The van der Waals surface area contributed by atoms with E-state index in [2.05, 4.69) is 20.8 Å². The highest BCUT2D eigenvalue weighted by Gasteiger charge is 2.23. The van der Waals surface area contributed by atoms with Crippen molar-refractivity contribution < 1.29 is 9.53 Å². The third kappa shape index (κ3) is 4.61. The Bertz CT molecular complexity index is 703. The van der Waals surface area contributed by atoms with Crippen molar-refractivity contribution >= 4 is 39.8 Å². The largest absolute Gasteiger partial charge is 0.492 e. The van der Waals surface area contributed by atoms with Gasteiger partial charge in [-0.1, -0.05) is 35.2 Å². The van der Waals surface area contributed by atoms with Crippen LogP contribution in [0.2, 0.25) is 0 Å². The van der Waals surface area contributed by atoms with Gasteiger partial charge >= 0.3 is 0 Å². The van der Waals surface area contributed by atoms with E-state index in [-0.39, 0.29) is 11.2 Å². The second-order valence-corrected chi connectivity index (χ2v) is 8.04. The van der Waals surface area contributed by atoms with Gasteiger partial charge in [-0.3, -0.25) is 4.79 Å². The Morgan fingerprint density at radius 2 is 2.21 bits per heavy atom. The molecule has 3 rings (SSSR count). The van der Waals surface area contributed by atoms with E-state index >= 15 is 0 Å². The minimum absolute atomic E-state index is 0.0842. The van der Waals surface area contributed by atoms with Gasteiger partial charge in [-0.25, -0.2) is 0 Å². The smallest absolute Gasteiger partial charge is 0.237 e. The average Bonchev–Trinajstić information content (AvgIpc) is 3.27. The number of para-hydroxylation sites is 2. The first-order valence-corrected chi connectivity index (χ1v) is 9.64. The van der Waals surface area contributed by atoms with Crippen LogP contribution >= 0.6 is 23.1 Å². The van der Waals surface area contributed by atoms with E-state index in [1.165, 1.54) is 35.9 Å². The van der Waals surface area contributed by atoms with Crippen molar-refractivity contribution in [2.75, 3.05) is 17.2 Å². The molecule has 6 nitrogen and oxygen atoms in total. The summed E-state index contributed by atoms with van der Waals surface area (Å²) in [5.41, 5.74) is 0.685. The van der Waals surface area contributed by atoms with Gasteiger partial charge in [0.15, 0.2) is 4.34 Å². The number of nitrogens with one attached hydrogen (secondary N) is 2. The molecule has 1 aliphatic carbocycles. The second kappa shape index (κ2) is 7.85. The molecule has 1 fully saturated rings. The van der Waals surface area contributed by atoms with Crippen LogP contribution in [0.1, 0.15) is 26.7 Å². The van der Waals surface area contributed by atoms with Gasteiger partial charge in [0, 0.05) is 6.04 Å². The first-order chi connectivity index (χ1) is 11.7. The topological polar surface area (TPSA) is 76.1 Å². The summed E-state index contributed by atoms with van der Waals surface area (Å²) >= 11 is 2.90. The fraction of sp³-hybridized carbons (Fsp3) is 0.438. The molecule has 0 bridgehead atoms. The zero-order valence-electron chi connectivity index (χ0n) is 13.6. The van der Waals surface area contributed by atoms with Gasteiger partial charge in [-0.2, -0.15) is 0 Å². The molecule has 8 heteroatoms. The lowest BCUT2D eigenvalue weighted by molar-refractivity contribution is -0.115. The fourth-order valence-corrected chi connectivity index (χ4v) is 3.98. The van der Waals surface area contributed by atoms with Gasteiger partial charge in [0.1, 0.15) is 5.75 Å². The lowest BCUT2D eigenvalue weighted by Gasteiger charge is -2.13. The van der Waals surface area contributed by atoms with E-state index in [0.29, 0.717) is 24.1 Å². The number of hydrogen-bond donors (Lipinski definition) is 2. The summed E-state index contributed by atoms with van der Waals surface area (Å²) in [5, 5.41) is 15.0. The molecule has 0 spiro atoms. The molecular weight excluding hydrogens is 344 g/mol. The minimum Gasteiger partial charge on any atom is -0.492 e. The number of hydrogen-bond acceptors (Lipinski definition) is 7. The maximum absolute atomic E-state index is 12.4. The lowest BCUT2D eigenvalue weighted by atomic mass is 10.3. The Kier molecular flexibility index (Phi) is 5.57. The van der Waals surface area contributed by atoms with Crippen LogP contribution in [0, 0.1) is 0 Å². The Labute approximate surface area is 149 Å². The number of anilines is 2. The van der Waals surface area contributed by atoms with E-state index in [1.807, 2.05) is 38.1 Å². The van der Waals surface area contributed by atoms with Crippen molar-refractivity contribution in [3.8, 4) is 5.75 Å². The zero-order valence-corrected chi connectivity index (χ0v) is 15.2. The molecule has 128 valence electrons. The Morgan fingerprint density at radius 3 is 2.96 bits per heavy atom. The third-order valence-electron chi connectivity index (χ3n) is 3.40. The molecule has 2 aromatic rings. The van der Waals surface area contributed by atoms with Crippen molar-refractivity contribution in [2.24, 2.45) is 0 Å². The van der Waals surface area contributed by atoms with Crippen LogP contribution in [0.15, 0.2) is 28.6 Å². The van der Waals surface area contributed by atoms with Gasteiger partial charge in [-0.15, -0.1) is 10.2 Å². The summed E-state index contributed by atoms with van der Waals surface area (Å²) in [6.45, 7) is 4.33. The third-order valence-corrected chi connectivity index (χ3v) is 5.44. The predicted molar refractivity (Wildman–Crippen MR) is 98.1 cm³/mol. The van der Waals surface area contributed by atoms with Gasteiger partial charge in [0.25, 0.3) is 0 Å². The lowest BCUT2D eigenvalue weighted by Crippen LogP contribution is -2.22. The molecule has 2 N–H and O–H groups in total. The molecule has 0 radical (unpaired) electrons. The Morgan fingerprint density at radius 1 is 1.42 bits per heavy atom. The number of aromatic nitrogens is 2. The monoisotopic (exact) mass is 364 g/mol. The number of rotatable bonds is 8. The molecule has 0 saturated heterocycles. The summed E-state index contributed by atoms with van der Waals surface area (Å²) in [6, 6.07) is 7.98. The van der Waals surface area contributed by atoms with E-state index in [9.17, 15) is 4.79 Å². The molecule has 1 aliphatic rings. The van der Waals surface area contributed by atoms with Crippen molar-refractivity contribution in [2.45, 2.75) is 42.3 Å². The first-order valence-electron chi connectivity index (χ1n) is 7.95. The van der Waals surface area contributed by atoms with Crippen LogP contribution in [-0.2, 0) is 4.79 Å². The molecule has 1 heterocycles. The zero-order chi connectivity index (χ0) is 16.9. The van der Waals surface area contributed by atoms with Crippen LogP contribution in [-0.4, -0.2) is 34.0 Å². The van der Waals surface area contributed by atoms with Gasteiger partial charge in [0.05, 0.1) is 17.5 Å². The van der Waals surface area contributed by atoms with Gasteiger partial charge in [-0.05, 0) is 38.8 Å². The van der Waals surface area contributed by atoms with Crippen LogP contribution in [0.25, 0.3) is 0 Å². The summed E-state index contributed by atoms with van der Waals surface area (Å²) in [7, 11) is 0. The molecule has 24 heavy (non-hydrogen) atoms. The normalized spacial score (nSPS) is 14.9. The molecule has 1 amide bonds. The molecule has 1 atom stereocenters. The van der Waals surface area contributed by atoms with Crippen molar-refractivity contribution in [1.29, 1.82) is 0 Å². The number of amides is 1. The molecule has 0 aliphatic heterocycles. The molecular formula is C16H20N4O2S2. The average molecular weight is 364 g/mol. The number of benzene rings is 1. The Balaban J connectivity index is 1.57. The summed E-state index contributed by atoms with van der Waals surface area (Å²) in [6.07, 6.45) is 2.39. The molecule has 1 aromatic heterocycles.